The molecule has 7 rings (SSSR count). The molecule has 4 bridgehead atoms. The van der Waals surface area contributed by atoms with Gasteiger partial charge in [-0.2, -0.15) is 0 Å². The molecule has 32 heavy (non-hydrogen) atoms. The first-order chi connectivity index (χ1) is 15.9. The molecule has 1 aliphatic carbocycles. The number of nitrogens with one attached hydrogen (secondary N) is 1. The Balaban J connectivity index is 1.40. The van der Waals surface area contributed by atoms with Crippen LogP contribution >= 0.6 is 0 Å². The van der Waals surface area contributed by atoms with Crippen LogP contribution in [0.4, 0.5) is 0 Å². The Labute approximate surface area is 192 Å². The predicted molar refractivity (Wildman–Crippen MR) is 131 cm³/mol. The van der Waals surface area contributed by atoms with E-state index in [0.29, 0.717) is 18.0 Å². The first-order valence-electron chi connectivity index (χ1n) is 12.5. The molecule has 0 radical (unpaired) electrons. The van der Waals surface area contributed by atoms with Crippen LogP contribution in [0.15, 0.2) is 91.0 Å². The first kappa shape index (κ1) is 20.2. The van der Waals surface area contributed by atoms with E-state index < -0.39 is 0 Å². The van der Waals surface area contributed by atoms with Crippen LogP contribution in [0.25, 0.3) is 0 Å². The minimum Gasteiger partial charge on any atom is -0.308 e. The van der Waals surface area contributed by atoms with Gasteiger partial charge in [-0.15, -0.1) is 0 Å². The number of hydrogen-bond donors (Lipinski definition) is 1. The van der Waals surface area contributed by atoms with E-state index >= 15 is 0 Å². The van der Waals surface area contributed by atoms with Crippen molar-refractivity contribution < 1.29 is 0 Å². The van der Waals surface area contributed by atoms with Crippen LogP contribution in [0, 0.1) is 17.8 Å². The largest absolute Gasteiger partial charge is 0.308 e. The highest BCUT2D eigenvalue weighted by molar-refractivity contribution is 5.36. The Morgan fingerprint density at radius 3 is 1.81 bits per heavy atom. The number of hydrogen-bond acceptors (Lipinski definition) is 2. The Hall–Kier alpha value is -2.42. The molecule has 2 heteroatoms. The van der Waals surface area contributed by atoms with Crippen LogP contribution in [-0.4, -0.2) is 30.1 Å². The van der Waals surface area contributed by atoms with Gasteiger partial charge in [-0.1, -0.05) is 97.4 Å². The van der Waals surface area contributed by atoms with E-state index in [4.69, 9.17) is 0 Å². The summed E-state index contributed by atoms with van der Waals surface area (Å²) in [6, 6.07) is 34.5. The van der Waals surface area contributed by atoms with Crippen molar-refractivity contribution >= 4 is 0 Å². The summed E-state index contributed by atoms with van der Waals surface area (Å²) in [6.07, 6.45) is 4.25. The number of benzene rings is 3. The maximum absolute atomic E-state index is 4.13. The normalized spacial score (nSPS) is 31.0. The average molecular weight is 423 g/mol. The second-order valence-electron chi connectivity index (χ2n) is 10.2. The molecule has 3 saturated heterocycles. The zero-order valence-electron chi connectivity index (χ0n) is 18.8. The summed E-state index contributed by atoms with van der Waals surface area (Å²) in [5.74, 6) is 2.92. The van der Waals surface area contributed by atoms with Gasteiger partial charge in [0.2, 0.25) is 0 Å². The molecule has 164 valence electrons. The Kier molecular flexibility index (Phi) is 5.58. The Bertz CT molecular complexity index is 949. The predicted octanol–water partition coefficient (Wildman–Crippen LogP) is 5.71. The lowest BCUT2D eigenvalue weighted by atomic mass is 9.58. The molecule has 6 atom stereocenters. The minimum absolute atomic E-state index is 0.398. The minimum atomic E-state index is 0.398. The van der Waals surface area contributed by atoms with Gasteiger partial charge < -0.3 is 5.32 Å². The lowest BCUT2D eigenvalue weighted by molar-refractivity contribution is -0.0976. The lowest BCUT2D eigenvalue weighted by Crippen LogP contribution is -2.71. The van der Waals surface area contributed by atoms with E-state index in [1.165, 1.54) is 49.0 Å². The molecular weight excluding hydrogens is 388 g/mol. The van der Waals surface area contributed by atoms with Crippen molar-refractivity contribution in [1.29, 1.82) is 0 Å². The number of fused-ring (bicyclic) bond motifs is 1. The maximum Gasteiger partial charge on any atom is 0.0361 e. The Morgan fingerprint density at radius 1 is 0.719 bits per heavy atom. The van der Waals surface area contributed by atoms with Gasteiger partial charge >= 0.3 is 0 Å². The fourth-order valence-electron chi connectivity index (χ4n) is 7.21. The number of piperidine rings is 3. The summed E-state index contributed by atoms with van der Waals surface area (Å²) >= 11 is 0. The second-order valence-corrected chi connectivity index (χ2v) is 10.2. The topological polar surface area (TPSA) is 15.3 Å². The zero-order chi connectivity index (χ0) is 21.3. The van der Waals surface area contributed by atoms with Gasteiger partial charge in [-0.25, -0.2) is 0 Å². The van der Waals surface area contributed by atoms with Gasteiger partial charge in [0.1, 0.15) is 0 Å². The summed E-state index contributed by atoms with van der Waals surface area (Å²) in [5, 5.41) is 4.13. The van der Waals surface area contributed by atoms with Crippen LogP contribution < -0.4 is 5.32 Å². The molecule has 1 N–H and O–H groups in total. The van der Waals surface area contributed by atoms with Gasteiger partial charge in [0.05, 0.1) is 0 Å². The summed E-state index contributed by atoms with van der Waals surface area (Å²) < 4.78 is 0. The van der Waals surface area contributed by atoms with Crippen LogP contribution in [0.3, 0.4) is 0 Å². The van der Waals surface area contributed by atoms with Gasteiger partial charge in [-0.3, -0.25) is 4.90 Å². The van der Waals surface area contributed by atoms with E-state index in [0.717, 1.165) is 24.3 Å². The maximum atomic E-state index is 4.13. The molecule has 0 spiro atoms. The van der Waals surface area contributed by atoms with Crippen molar-refractivity contribution in [3.8, 4) is 0 Å². The number of rotatable bonds is 6. The molecule has 4 aliphatic rings. The standard InChI is InChI=1S/C30H34N2/c1-4-11-22(12-5-1)19-31-29-27-25-17-10-18-26(27)21-32(20-25)30(29)28(23-13-6-2-7-14-23)24-15-8-3-9-16-24/h1-9,11-16,25-31H,10,17-21H2/t25-,26+,27?,29-,30-/m0/s1. The van der Waals surface area contributed by atoms with Crippen LogP contribution in [-0.2, 0) is 6.54 Å². The third kappa shape index (κ3) is 3.70. The fourth-order valence-corrected chi connectivity index (χ4v) is 7.21. The van der Waals surface area contributed by atoms with Crippen molar-refractivity contribution in [2.45, 2.75) is 43.8 Å². The highest BCUT2D eigenvalue weighted by Crippen LogP contribution is 2.51. The van der Waals surface area contributed by atoms with E-state index in [1.54, 1.807) is 0 Å². The monoisotopic (exact) mass is 422 g/mol. The van der Waals surface area contributed by atoms with Crippen LogP contribution in [0.1, 0.15) is 41.9 Å². The quantitative estimate of drug-likeness (QED) is 0.548. The summed E-state index contributed by atoms with van der Waals surface area (Å²) in [4.78, 5) is 2.88. The molecular formula is C30H34N2. The van der Waals surface area contributed by atoms with Crippen LogP contribution in [0.5, 0.6) is 0 Å². The molecule has 3 aromatic carbocycles. The lowest BCUT2D eigenvalue weighted by Gasteiger charge is -2.62. The second kappa shape index (κ2) is 8.84. The van der Waals surface area contributed by atoms with E-state index in [9.17, 15) is 0 Å². The number of nitrogens with zero attached hydrogens (tertiary/aromatic N) is 1. The highest BCUT2D eigenvalue weighted by atomic mass is 15.2. The summed E-state index contributed by atoms with van der Waals surface area (Å²) in [6.45, 7) is 3.53. The van der Waals surface area contributed by atoms with Crippen molar-refractivity contribution in [2.75, 3.05) is 13.1 Å². The van der Waals surface area contributed by atoms with Gasteiger partial charge in [-0.05, 0) is 47.3 Å². The first-order valence-corrected chi connectivity index (χ1v) is 12.5. The molecule has 2 unspecified atom stereocenters. The third-order valence-electron chi connectivity index (χ3n) is 8.42. The molecule has 3 heterocycles. The summed E-state index contributed by atoms with van der Waals surface area (Å²) in [7, 11) is 0. The molecule has 3 aromatic rings. The van der Waals surface area contributed by atoms with Crippen molar-refractivity contribution in [3.63, 3.8) is 0 Å². The van der Waals surface area contributed by atoms with Gasteiger partial charge in [0.25, 0.3) is 0 Å². The van der Waals surface area contributed by atoms with E-state index in [1.807, 2.05) is 0 Å². The van der Waals surface area contributed by atoms with Crippen molar-refractivity contribution in [1.82, 2.24) is 10.2 Å². The Morgan fingerprint density at radius 2 is 1.25 bits per heavy atom. The van der Waals surface area contributed by atoms with Gasteiger partial charge in [0.15, 0.2) is 0 Å². The molecule has 0 amide bonds. The molecule has 2 nitrogen and oxygen atoms in total. The smallest absolute Gasteiger partial charge is 0.0361 e. The van der Waals surface area contributed by atoms with E-state index in [-0.39, 0.29) is 0 Å². The molecule has 3 aliphatic heterocycles. The molecule has 0 aromatic heterocycles. The van der Waals surface area contributed by atoms with E-state index in [2.05, 4.69) is 101 Å². The van der Waals surface area contributed by atoms with Crippen molar-refractivity contribution in [2.24, 2.45) is 17.8 Å². The SMILES string of the molecule is c1ccc(CN[C@H]2C3[C@@H]4CCC[C@H]3CN(C4)[C@H]2C(c2ccccc2)c2ccccc2)cc1. The fraction of sp³-hybridized carbons (Fsp3) is 0.400. The zero-order valence-corrected chi connectivity index (χ0v) is 18.8. The summed E-state index contributed by atoms with van der Waals surface area (Å²) in [5.41, 5.74) is 4.30. The average Bonchev–Trinajstić information content (AvgIpc) is 2.85. The third-order valence-corrected chi connectivity index (χ3v) is 8.42. The van der Waals surface area contributed by atoms with Crippen molar-refractivity contribution in [3.05, 3.63) is 108 Å². The van der Waals surface area contributed by atoms with Crippen LogP contribution in [0.2, 0.25) is 0 Å². The molecule has 4 fully saturated rings. The van der Waals surface area contributed by atoms with Gasteiger partial charge in [0, 0.05) is 37.6 Å². The molecule has 1 saturated carbocycles. The highest BCUT2D eigenvalue weighted by Gasteiger charge is 2.55.